The van der Waals surface area contributed by atoms with Crippen molar-refractivity contribution in [2.24, 2.45) is 0 Å². The number of nitrogens with one attached hydrogen (secondary N) is 1. The number of amides is 1. The fourth-order valence-electron chi connectivity index (χ4n) is 2.21. The topological polar surface area (TPSA) is 96.3 Å². The van der Waals surface area contributed by atoms with E-state index in [1.807, 2.05) is 6.07 Å². The SMILES string of the molecule is N#Cc1ccccc1NC(=O)CS(=O)(=O)C1CCOCC1. The van der Waals surface area contributed by atoms with E-state index in [0.29, 0.717) is 37.3 Å². The van der Waals surface area contributed by atoms with E-state index in [0.717, 1.165) is 0 Å². The van der Waals surface area contributed by atoms with Gasteiger partial charge in [0.25, 0.3) is 0 Å². The standard InChI is InChI=1S/C14H16N2O4S/c15-9-11-3-1-2-4-13(11)16-14(17)10-21(18,19)12-5-7-20-8-6-12/h1-4,12H,5-8,10H2,(H,16,17). The van der Waals surface area contributed by atoms with E-state index in [1.165, 1.54) is 0 Å². The summed E-state index contributed by atoms with van der Waals surface area (Å²) in [5.74, 6) is -1.19. The van der Waals surface area contributed by atoms with Crippen LogP contribution in [0.15, 0.2) is 24.3 Å². The summed E-state index contributed by atoms with van der Waals surface area (Å²) in [6, 6.07) is 8.42. The number of sulfone groups is 1. The number of hydrogen-bond acceptors (Lipinski definition) is 5. The van der Waals surface area contributed by atoms with Gasteiger partial charge >= 0.3 is 0 Å². The Hall–Kier alpha value is -1.91. The van der Waals surface area contributed by atoms with E-state index in [4.69, 9.17) is 10.00 Å². The molecule has 112 valence electrons. The number of nitriles is 1. The maximum absolute atomic E-state index is 12.2. The van der Waals surface area contributed by atoms with Gasteiger partial charge in [0, 0.05) is 13.2 Å². The summed E-state index contributed by atoms with van der Waals surface area (Å²) in [5, 5.41) is 10.9. The van der Waals surface area contributed by atoms with Crippen molar-refractivity contribution in [2.45, 2.75) is 18.1 Å². The highest BCUT2D eigenvalue weighted by atomic mass is 32.2. The molecule has 0 spiro atoms. The molecule has 7 heteroatoms. The first-order valence-electron chi connectivity index (χ1n) is 6.61. The maximum atomic E-state index is 12.2. The number of nitrogens with zero attached hydrogens (tertiary/aromatic N) is 1. The van der Waals surface area contributed by atoms with Gasteiger partial charge < -0.3 is 10.1 Å². The van der Waals surface area contributed by atoms with Gasteiger partial charge in [-0.05, 0) is 25.0 Å². The van der Waals surface area contributed by atoms with Crippen LogP contribution in [0.2, 0.25) is 0 Å². The van der Waals surface area contributed by atoms with E-state index in [9.17, 15) is 13.2 Å². The maximum Gasteiger partial charge on any atom is 0.239 e. The molecule has 1 aromatic carbocycles. The summed E-state index contributed by atoms with van der Waals surface area (Å²) in [5.41, 5.74) is 0.626. The van der Waals surface area contributed by atoms with Gasteiger partial charge in [-0.1, -0.05) is 12.1 Å². The molecule has 0 radical (unpaired) electrons. The lowest BCUT2D eigenvalue weighted by Crippen LogP contribution is -2.34. The first kappa shape index (κ1) is 15.5. The zero-order chi connectivity index (χ0) is 15.3. The number of anilines is 1. The van der Waals surface area contributed by atoms with Gasteiger partial charge in [0.15, 0.2) is 9.84 Å². The third-order valence-electron chi connectivity index (χ3n) is 3.33. The largest absolute Gasteiger partial charge is 0.381 e. The molecule has 1 fully saturated rings. The van der Waals surface area contributed by atoms with Gasteiger partial charge in [0.05, 0.1) is 16.5 Å². The van der Waals surface area contributed by atoms with E-state index in [1.54, 1.807) is 24.3 Å². The summed E-state index contributed by atoms with van der Waals surface area (Å²) in [6.07, 6.45) is 0.842. The molecule has 0 bridgehead atoms. The van der Waals surface area contributed by atoms with Crippen molar-refractivity contribution < 1.29 is 17.9 Å². The van der Waals surface area contributed by atoms with Crippen LogP contribution in [0.5, 0.6) is 0 Å². The Morgan fingerprint density at radius 3 is 2.67 bits per heavy atom. The molecule has 0 unspecified atom stereocenters. The number of ether oxygens (including phenoxy) is 1. The molecule has 1 amide bonds. The average molecular weight is 308 g/mol. The second-order valence-corrected chi connectivity index (χ2v) is 7.11. The molecule has 1 aliphatic heterocycles. The number of benzene rings is 1. The molecule has 1 N–H and O–H groups in total. The van der Waals surface area contributed by atoms with Gasteiger partial charge in [-0.2, -0.15) is 5.26 Å². The smallest absolute Gasteiger partial charge is 0.239 e. The van der Waals surface area contributed by atoms with Crippen LogP contribution in [0.1, 0.15) is 18.4 Å². The van der Waals surface area contributed by atoms with E-state index < -0.39 is 26.7 Å². The molecular weight excluding hydrogens is 292 g/mol. The molecule has 0 aromatic heterocycles. The van der Waals surface area contributed by atoms with Crippen molar-refractivity contribution in [3.63, 3.8) is 0 Å². The molecule has 1 aromatic rings. The van der Waals surface area contributed by atoms with Crippen LogP contribution in [-0.4, -0.2) is 38.5 Å². The number of hydrogen-bond donors (Lipinski definition) is 1. The zero-order valence-corrected chi connectivity index (χ0v) is 12.2. The predicted octanol–water partition coefficient (Wildman–Crippen LogP) is 1.09. The average Bonchev–Trinajstić information content (AvgIpc) is 2.48. The summed E-state index contributed by atoms with van der Waals surface area (Å²) < 4.78 is 29.4. The van der Waals surface area contributed by atoms with Gasteiger partial charge in [-0.15, -0.1) is 0 Å². The zero-order valence-electron chi connectivity index (χ0n) is 11.4. The third-order valence-corrected chi connectivity index (χ3v) is 5.48. The Morgan fingerprint density at radius 1 is 1.33 bits per heavy atom. The normalized spacial score (nSPS) is 16.1. The van der Waals surface area contributed by atoms with Crippen LogP contribution in [0.3, 0.4) is 0 Å². The van der Waals surface area contributed by atoms with Crippen LogP contribution >= 0.6 is 0 Å². The Balaban J connectivity index is 2.03. The quantitative estimate of drug-likeness (QED) is 0.898. The lowest BCUT2D eigenvalue weighted by Gasteiger charge is -2.21. The minimum absolute atomic E-state index is 0.300. The minimum atomic E-state index is -3.50. The Kier molecular flexibility index (Phi) is 4.94. The van der Waals surface area contributed by atoms with Crippen molar-refractivity contribution >= 4 is 21.4 Å². The van der Waals surface area contributed by atoms with Crippen molar-refractivity contribution in [2.75, 3.05) is 24.3 Å². The van der Waals surface area contributed by atoms with Crippen LogP contribution < -0.4 is 5.32 Å². The van der Waals surface area contributed by atoms with E-state index in [-0.39, 0.29) is 0 Å². The molecule has 1 heterocycles. The molecule has 1 saturated heterocycles. The number of carbonyl (C=O) groups is 1. The third kappa shape index (κ3) is 4.03. The lowest BCUT2D eigenvalue weighted by molar-refractivity contribution is -0.113. The van der Waals surface area contributed by atoms with Crippen molar-refractivity contribution in [3.8, 4) is 6.07 Å². The molecular formula is C14H16N2O4S. The summed E-state index contributed by atoms with van der Waals surface area (Å²) in [7, 11) is -3.50. The fourth-order valence-corrected chi connectivity index (χ4v) is 3.80. The van der Waals surface area contributed by atoms with Crippen molar-refractivity contribution in [3.05, 3.63) is 29.8 Å². The van der Waals surface area contributed by atoms with Crippen molar-refractivity contribution in [1.29, 1.82) is 5.26 Å². The van der Waals surface area contributed by atoms with Gasteiger partial charge in [-0.3, -0.25) is 4.79 Å². The second-order valence-electron chi connectivity index (χ2n) is 4.82. The van der Waals surface area contributed by atoms with E-state index in [2.05, 4.69) is 5.32 Å². The Labute approximate surface area is 123 Å². The highest BCUT2D eigenvalue weighted by Crippen LogP contribution is 2.18. The molecule has 0 atom stereocenters. The predicted molar refractivity (Wildman–Crippen MR) is 77.4 cm³/mol. The second kappa shape index (κ2) is 6.70. The number of carbonyl (C=O) groups excluding carboxylic acids is 1. The molecule has 6 nitrogen and oxygen atoms in total. The lowest BCUT2D eigenvalue weighted by atomic mass is 10.2. The fraction of sp³-hybridized carbons (Fsp3) is 0.429. The molecule has 0 aliphatic carbocycles. The summed E-state index contributed by atoms with van der Waals surface area (Å²) in [6.45, 7) is 0.811. The minimum Gasteiger partial charge on any atom is -0.381 e. The summed E-state index contributed by atoms with van der Waals surface area (Å²) in [4.78, 5) is 11.9. The Bertz CT molecular complexity index is 658. The van der Waals surface area contributed by atoms with Gasteiger partial charge in [0.1, 0.15) is 11.8 Å². The number of para-hydroxylation sites is 1. The summed E-state index contributed by atoms with van der Waals surface area (Å²) >= 11 is 0. The van der Waals surface area contributed by atoms with Gasteiger partial charge in [0.2, 0.25) is 5.91 Å². The van der Waals surface area contributed by atoms with Crippen LogP contribution in [0.25, 0.3) is 0 Å². The van der Waals surface area contributed by atoms with Crippen LogP contribution in [0.4, 0.5) is 5.69 Å². The van der Waals surface area contributed by atoms with Crippen LogP contribution in [0, 0.1) is 11.3 Å². The first-order chi connectivity index (χ1) is 10.0. The first-order valence-corrected chi connectivity index (χ1v) is 8.33. The van der Waals surface area contributed by atoms with Gasteiger partial charge in [-0.25, -0.2) is 8.42 Å². The van der Waals surface area contributed by atoms with E-state index >= 15 is 0 Å². The molecule has 2 rings (SSSR count). The highest BCUT2D eigenvalue weighted by Gasteiger charge is 2.29. The highest BCUT2D eigenvalue weighted by molar-refractivity contribution is 7.92. The van der Waals surface area contributed by atoms with Crippen LogP contribution in [-0.2, 0) is 19.4 Å². The molecule has 21 heavy (non-hydrogen) atoms. The molecule has 0 saturated carbocycles. The Morgan fingerprint density at radius 2 is 2.00 bits per heavy atom. The van der Waals surface area contributed by atoms with Crippen molar-refractivity contribution in [1.82, 2.24) is 0 Å². The molecule has 1 aliphatic rings. The number of rotatable bonds is 4. The monoisotopic (exact) mass is 308 g/mol.